The van der Waals surface area contributed by atoms with Gasteiger partial charge < -0.3 is 5.32 Å². The summed E-state index contributed by atoms with van der Waals surface area (Å²) in [4.78, 5) is 0. The van der Waals surface area contributed by atoms with Crippen molar-refractivity contribution in [3.05, 3.63) is 35.4 Å². The SMILES string of the molecule is Cc1cccc(C2(C3CCCN3)CCC2)c1. The molecule has 1 saturated carbocycles. The first-order valence-corrected chi connectivity index (χ1v) is 6.62. The lowest BCUT2D eigenvalue weighted by Crippen LogP contribution is -2.50. The van der Waals surface area contributed by atoms with Crippen molar-refractivity contribution in [2.75, 3.05) is 6.54 Å². The molecule has 1 heteroatoms. The molecule has 16 heavy (non-hydrogen) atoms. The van der Waals surface area contributed by atoms with Crippen LogP contribution in [0.15, 0.2) is 24.3 Å². The lowest BCUT2D eigenvalue weighted by atomic mass is 9.59. The van der Waals surface area contributed by atoms with Crippen molar-refractivity contribution in [2.24, 2.45) is 0 Å². The van der Waals surface area contributed by atoms with Crippen molar-refractivity contribution >= 4 is 0 Å². The van der Waals surface area contributed by atoms with Crippen molar-refractivity contribution in [3.63, 3.8) is 0 Å². The van der Waals surface area contributed by atoms with E-state index in [1.54, 1.807) is 5.56 Å². The van der Waals surface area contributed by atoms with Crippen LogP contribution in [-0.4, -0.2) is 12.6 Å². The number of benzene rings is 1. The Labute approximate surface area is 98.3 Å². The van der Waals surface area contributed by atoms with E-state index in [-0.39, 0.29) is 0 Å². The number of hydrogen-bond donors (Lipinski definition) is 1. The molecule has 1 saturated heterocycles. The number of hydrogen-bond acceptors (Lipinski definition) is 1. The summed E-state index contributed by atoms with van der Waals surface area (Å²) in [6, 6.07) is 9.91. The molecule has 0 spiro atoms. The normalized spacial score (nSPS) is 27.7. The Balaban J connectivity index is 1.94. The summed E-state index contributed by atoms with van der Waals surface area (Å²) in [6.45, 7) is 3.43. The minimum Gasteiger partial charge on any atom is -0.313 e. The summed E-state index contributed by atoms with van der Waals surface area (Å²) in [5.41, 5.74) is 3.46. The van der Waals surface area contributed by atoms with E-state index in [1.165, 1.54) is 44.2 Å². The lowest BCUT2D eigenvalue weighted by Gasteiger charge is -2.47. The highest BCUT2D eigenvalue weighted by molar-refractivity contribution is 5.34. The second-order valence-corrected chi connectivity index (χ2v) is 5.53. The van der Waals surface area contributed by atoms with Crippen LogP contribution >= 0.6 is 0 Å². The number of nitrogens with one attached hydrogen (secondary N) is 1. The molecule has 0 aromatic heterocycles. The molecule has 0 amide bonds. The average Bonchev–Trinajstić information content (AvgIpc) is 2.70. The van der Waals surface area contributed by atoms with E-state index in [0.717, 1.165) is 6.04 Å². The predicted molar refractivity (Wildman–Crippen MR) is 67.7 cm³/mol. The van der Waals surface area contributed by atoms with Gasteiger partial charge in [-0.1, -0.05) is 36.2 Å². The van der Waals surface area contributed by atoms with E-state index < -0.39 is 0 Å². The minimum atomic E-state index is 0.475. The van der Waals surface area contributed by atoms with E-state index in [0.29, 0.717) is 5.41 Å². The average molecular weight is 215 g/mol. The second kappa shape index (κ2) is 3.89. The smallest absolute Gasteiger partial charge is 0.0164 e. The van der Waals surface area contributed by atoms with Gasteiger partial charge in [0.05, 0.1) is 0 Å². The molecule has 1 aromatic rings. The summed E-state index contributed by atoms with van der Waals surface area (Å²) < 4.78 is 0. The monoisotopic (exact) mass is 215 g/mol. The first kappa shape index (κ1) is 10.3. The third-order valence-electron chi connectivity index (χ3n) is 4.57. The van der Waals surface area contributed by atoms with Crippen LogP contribution < -0.4 is 5.32 Å². The Kier molecular flexibility index (Phi) is 2.51. The van der Waals surface area contributed by atoms with E-state index >= 15 is 0 Å². The van der Waals surface area contributed by atoms with Crippen LogP contribution in [-0.2, 0) is 5.41 Å². The first-order chi connectivity index (χ1) is 7.81. The molecular weight excluding hydrogens is 194 g/mol. The van der Waals surface area contributed by atoms with Crippen molar-refractivity contribution < 1.29 is 0 Å². The Morgan fingerprint density at radius 2 is 2.12 bits per heavy atom. The number of aryl methyl sites for hydroxylation is 1. The first-order valence-electron chi connectivity index (χ1n) is 6.62. The minimum absolute atomic E-state index is 0.475. The zero-order valence-electron chi connectivity index (χ0n) is 10.1. The van der Waals surface area contributed by atoms with Gasteiger partial charge in [-0.05, 0) is 44.7 Å². The van der Waals surface area contributed by atoms with Gasteiger partial charge in [0, 0.05) is 11.5 Å². The number of rotatable bonds is 2. The molecule has 1 atom stereocenters. The van der Waals surface area contributed by atoms with Crippen LogP contribution in [0, 0.1) is 6.92 Å². The highest BCUT2D eigenvalue weighted by Gasteiger charge is 2.45. The Morgan fingerprint density at radius 3 is 2.69 bits per heavy atom. The molecule has 1 unspecified atom stereocenters. The van der Waals surface area contributed by atoms with E-state index in [4.69, 9.17) is 0 Å². The van der Waals surface area contributed by atoms with Crippen molar-refractivity contribution in [3.8, 4) is 0 Å². The fourth-order valence-electron chi connectivity index (χ4n) is 3.51. The van der Waals surface area contributed by atoms with Gasteiger partial charge in [-0.25, -0.2) is 0 Å². The van der Waals surface area contributed by atoms with Crippen molar-refractivity contribution in [2.45, 2.75) is 50.5 Å². The zero-order chi connectivity index (χ0) is 11.0. The summed E-state index contributed by atoms with van der Waals surface area (Å²) in [6.07, 6.45) is 6.90. The fourth-order valence-corrected chi connectivity index (χ4v) is 3.51. The Bertz CT molecular complexity index is 373. The molecule has 2 fully saturated rings. The van der Waals surface area contributed by atoms with Gasteiger partial charge in [0.15, 0.2) is 0 Å². The lowest BCUT2D eigenvalue weighted by molar-refractivity contribution is 0.182. The molecule has 1 aliphatic carbocycles. The van der Waals surface area contributed by atoms with Gasteiger partial charge in [-0.2, -0.15) is 0 Å². The highest BCUT2D eigenvalue weighted by atomic mass is 15.0. The van der Waals surface area contributed by atoms with Crippen LogP contribution in [0.5, 0.6) is 0 Å². The molecule has 1 heterocycles. The van der Waals surface area contributed by atoms with Crippen molar-refractivity contribution in [1.82, 2.24) is 5.32 Å². The molecule has 0 bridgehead atoms. The topological polar surface area (TPSA) is 12.0 Å². The molecule has 1 aliphatic heterocycles. The molecule has 0 radical (unpaired) electrons. The summed E-state index contributed by atoms with van der Waals surface area (Å²) in [7, 11) is 0. The highest BCUT2D eigenvalue weighted by Crippen LogP contribution is 2.48. The third-order valence-corrected chi connectivity index (χ3v) is 4.57. The predicted octanol–water partition coefficient (Wildman–Crippen LogP) is 3.17. The van der Waals surface area contributed by atoms with E-state index in [2.05, 4.69) is 36.5 Å². The van der Waals surface area contributed by atoms with Gasteiger partial charge in [0.2, 0.25) is 0 Å². The third kappa shape index (κ3) is 1.49. The van der Waals surface area contributed by atoms with Crippen molar-refractivity contribution in [1.29, 1.82) is 0 Å². The van der Waals surface area contributed by atoms with Crippen LogP contribution in [0.25, 0.3) is 0 Å². The Hall–Kier alpha value is -0.820. The Morgan fingerprint density at radius 1 is 1.25 bits per heavy atom. The maximum atomic E-state index is 3.72. The largest absolute Gasteiger partial charge is 0.313 e. The summed E-state index contributed by atoms with van der Waals surface area (Å²) in [5.74, 6) is 0. The molecule has 1 nitrogen and oxygen atoms in total. The van der Waals surface area contributed by atoms with E-state index in [1.807, 2.05) is 0 Å². The molecule has 3 rings (SSSR count). The molecule has 1 aromatic carbocycles. The van der Waals surface area contributed by atoms with Gasteiger partial charge in [-0.3, -0.25) is 0 Å². The zero-order valence-corrected chi connectivity index (χ0v) is 10.1. The second-order valence-electron chi connectivity index (χ2n) is 5.53. The fraction of sp³-hybridized carbons (Fsp3) is 0.600. The maximum Gasteiger partial charge on any atom is 0.0164 e. The van der Waals surface area contributed by atoms with Gasteiger partial charge >= 0.3 is 0 Å². The quantitative estimate of drug-likeness (QED) is 0.799. The van der Waals surface area contributed by atoms with Gasteiger partial charge in [0.25, 0.3) is 0 Å². The van der Waals surface area contributed by atoms with Crippen LogP contribution in [0.1, 0.15) is 43.2 Å². The molecular formula is C15H21N. The van der Waals surface area contributed by atoms with Gasteiger partial charge in [-0.15, -0.1) is 0 Å². The van der Waals surface area contributed by atoms with Crippen LogP contribution in [0.2, 0.25) is 0 Å². The van der Waals surface area contributed by atoms with Gasteiger partial charge in [0.1, 0.15) is 0 Å². The molecule has 2 aliphatic rings. The maximum absolute atomic E-state index is 3.72. The molecule has 86 valence electrons. The summed E-state index contributed by atoms with van der Waals surface area (Å²) >= 11 is 0. The standard InChI is InChI=1S/C15H21N/c1-12-5-2-6-13(11-12)15(8-4-9-15)14-7-3-10-16-14/h2,5-6,11,14,16H,3-4,7-10H2,1H3. The van der Waals surface area contributed by atoms with E-state index in [9.17, 15) is 0 Å². The van der Waals surface area contributed by atoms with Crippen LogP contribution in [0.3, 0.4) is 0 Å². The summed E-state index contributed by atoms with van der Waals surface area (Å²) in [5, 5.41) is 3.72. The molecule has 1 N–H and O–H groups in total. The van der Waals surface area contributed by atoms with Crippen LogP contribution in [0.4, 0.5) is 0 Å².